The largest absolute Gasteiger partial charge is 0.322 e. The highest BCUT2D eigenvalue weighted by atomic mass is 16.1. The predicted octanol–water partition coefficient (Wildman–Crippen LogP) is 3.49. The van der Waals surface area contributed by atoms with Gasteiger partial charge in [-0.15, -0.1) is 0 Å². The molecule has 0 aliphatic rings. The molecule has 0 radical (unpaired) electrons. The number of aromatic nitrogens is 2. The zero-order chi connectivity index (χ0) is 15.4. The molecular formula is C18H17N3O. The van der Waals surface area contributed by atoms with Crippen LogP contribution in [0.5, 0.6) is 0 Å². The van der Waals surface area contributed by atoms with Gasteiger partial charge in [0.2, 0.25) is 0 Å². The zero-order valence-corrected chi connectivity index (χ0v) is 12.4. The Morgan fingerprint density at radius 2 is 2.00 bits per heavy atom. The molecule has 3 aromatic rings. The van der Waals surface area contributed by atoms with E-state index in [1.807, 2.05) is 72.4 Å². The second kappa shape index (κ2) is 6.26. The van der Waals surface area contributed by atoms with Crippen LogP contribution in [-0.2, 0) is 6.54 Å². The molecular weight excluding hydrogens is 274 g/mol. The van der Waals surface area contributed by atoms with Crippen molar-refractivity contribution < 1.29 is 4.79 Å². The number of amides is 1. The number of aryl methyl sites for hydroxylation is 1. The molecule has 4 nitrogen and oxygen atoms in total. The van der Waals surface area contributed by atoms with Crippen molar-refractivity contribution in [3.63, 3.8) is 0 Å². The summed E-state index contributed by atoms with van der Waals surface area (Å²) in [5.41, 5.74) is 3.54. The normalized spacial score (nSPS) is 10.4. The molecule has 0 aliphatic heterocycles. The van der Waals surface area contributed by atoms with Crippen LogP contribution in [0.2, 0.25) is 0 Å². The Morgan fingerprint density at radius 3 is 2.77 bits per heavy atom. The van der Waals surface area contributed by atoms with Crippen molar-refractivity contribution in [1.29, 1.82) is 0 Å². The van der Waals surface area contributed by atoms with Crippen molar-refractivity contribution in [3.05, 3.63) is 83.7 Å². The summed E-state index contributed by atoms with van der Waals surface area (Å²) < 4.78 is 1.85. The Balaban J connectivity index is 1.75. The Bertz CT molecular complexity index is 779. The molecule has 0 saturated heterocycles. The summed E-state index contributed by atoms with van der Waals surface area (Å²) in [6.07, 6.45) is 3.67. The fourth-order valence-electron chi connectivity index (χ4n) is 2.35. The molecule has 0 spiro atoms. The first-order chi connectivity index (χ1) is 10.7. The maximum atomic E-state index is 12.3. The van der Waals surface area contributed by atoms with Crippen LogP contribution in [0.4, 0.5) is 5.69 Å². The summed E-state index contributed by atoms with van der Waals surface area (Å²) in [5, 5.41) is 7.14. The first-order valence-corrected chi connectivity index (χ1v) is 7.16. The van der Waals surface area contributed by atoms with E-state index in [0.29, 0.717) is 12.1 Å². The summed E-state index contributed by atoms with van der Waals surface area (Å²) in [6.45, 7) is 2.62. The Labute approximate surface area is 129 Å². The maximum Gasteiger partial charge on any atom is 0.255 e. The van der Waals surface area contributed by atoms with Crippen molar-refractivity contribution >= 4 is 11.6 Å². The van der Waals surface area contributed by atoms with E-state index in [0.717, 1.165) is 16.8 Å². The molecule has 0 fully saturated rings. The van der Waals surface area contributed by atoms with Crippen LogP contribution in [0.25, 0.3) is 0 Å². The third-order valence-electron chi connectivity index (χ3n) is 3.48. The molecule has 0 bridgehead atoms. The van der Waals surface area contributed by atoms with Gasteiger partial charge in [0.15, 0.2) is 0 Å². The molecule has 1 heterocycles. The van der Waals surface area contributed by atoms with Crippen molar-refractivity contribution in [2.75, 3.05) is 5.32 Å². The van der Waals surface area contributed by atoms with E-state index in [4.69, 9.17) is 0 Å². The summed E-state index contributed by atoms with van der Waals surface area (Å²) >= 11 is 0. The van der Waals surface area contributed by atoms with Crippen LogP contribution < -0.4 is 5.32 Å². The molecule has 22 heavy (non-hydrogen) atoms. The highest BCUT2D eigenvalue weighted by molar-refractivity contribution is 6.05. The molecule has 1 aromatic heterocycles. The number of rotatable bonds is 4. The molecule has 0 atom stereocenters. The third-order valence-corrected chi connectivity index (χ3v) is 3.48. The average Bonchev–Trinajstić information content (AvgIpc) is 3.01. The number of hydrogen-bond acceptors (Lipinski definition) is 2. The van der Waals surface area contributed by atoms with Crippen molar-refractivity contribution in [2.45, 2.75) is 13.5 Å². The predicted molar refractivity (Wildman–Crippen MR) is 86.9 cm³/mol. The van der Waals surface area contributed by atoms with Gasteiger partial charge in [0, 0.05) is 23.6 Å². The fourth-order valence-corrected chi connectivity index (χ4v) is 2.35. The van der Waals surface area contributed by atoms with Gasteiger partial charge in [-0.05, 0) is 42.3 Å². The number of anilines is 1. The van der Waals surface area contributed by atoms with Crippen LogP contribution in [0, 0.1) is 6.92 Å². The number of carbonyl (C=O) groups is 1. The summed E-state index contributed by atoms with van der Waals surface area (Å²) in [5.74, 6) is -0.0886. The average molecular weight is 291 g/mol. The first kappa shape index (κ1) is 14.1. The lowest BCUT2D eigenvalue weighted by Crippen LogP contribution is -2.13. The van der Waals surface area contributed by atoms with Gasteiger partial charge in [0.25, 0.3) is 5.91 Å². The minimum atomic E-state index is -0.0886. The molecule has 2 aromatic carbocycles. The molecule has 0 saturated carbocycles. The fraction of sp³-hybridized carbons (Fsp3) is 0.111. The lowest BCUT2D eigenvalue weighted by molar-refractivity contribution is 0.102. The van der Waals surface area contributed by atoms with Crippen LogP contribution in [0.3, 0.4) is 0 Å². The number of benzene rings is 2. The van der Waals surface area contributed by atoms with Gasteiger partial charge < -0.3 is 5.32 Å². The number of nitrogens with zero attached hydrogens (tertiary/aromatic N) is 2. The van der Waals surface area contributed by atoms with Crippen LogP contribution in [-0.4, -0.2) is 15.7 Å². The lowest BCUT2D eigenvalue weighted by Gasteiger charge is -2.09. The molecule has 1 N–H and O–H groups in total. The Hall–Kier alpha value is -2.88. The smallest absolute Gasteiger partial charge is 0.255 e. The Morgan fingerprint density at radius 1 is 1.14 bits per heavy atom. The van der Waals surface area contributed by atoms with Crippen LogP contribution in [0.1, 0.15) is 21.5 Å². The molecule has 4 heteroatoms. The molecule has 3 rings (SSSR count). The Kier molecular flexibility index (Phi) is 4.01. The zero-order valence-electron chi connectivity index (χ0n) is 12.4. The van der Waals surface area contributed by atoms with E-state index in [1.165, 1.54) is 0 Å². The third kappa shape index (κ3) is 3.23. The van der Waals surface area contributed by atoms with Gasteiger partial charge in [0.05, 0.1) is 6.54 Å². The second-order valence-electron chi connectivity index (χ2n) is 5.17. The first-order valence-electron chi connectivity index (χ1n) is 7.16. The van der Waals surface area contributed by atoms with Gasteiger partial charge in [-0.1, -0.05) is 30.3 Å². The lowest BCUT2D eigenvalue weighted by atomic mass is 10.1. The van der Waals surface area contributed by atoms with Gasteiger partial charge in [-0.3, -0.25) is 9.48 Å². The molecule has 110 valence electrons. The topological polar surface area (TPSA) is 46.9 Å². The molecule has 0 aliphatic carbocycles. The summed E-state index contributed by atoms with van der Waals surface area (Å²) in [6, 6.07) is 17.3. The quantitative estimate of drug-likeness (QED) is 0.800. The summed E-state index contributed by atoms with van der Waals surface area (Å²) in [7, 11) is 0. The minimum absolute atomic E-state index is 0.0886. The van der Waals surface area contributed by atoms with E-state index in [-0.39, 0.29) is 5.91 Å². The van der Waals surface area contributed by atoms with E-state index in [1.54, 1.807) is 6.20 Å². The second-order valence-corrected chi connectivity index (χ2v) is 5.17. The van der Waals surface area contributed by atoms with Gasteiger partial charge in [0.1, 0.15) is 0 Å². The van der Waals surface area contributed by atoms with Gasteiger partial charge >= 0.3 is 0 Å². The highest BCUT2D eigenvalue weighted by Gasteiger charge is 2.08. The number of hydrogen-bond donors (Lipinski definition) is 1. The van der Waals surface area contributed by atoms with Crippen LogP contribution >= 0.6 is 0 Å². The van der Waals surface area contributed by atoms with Crippen molar-refractivity contribution in [1.82, 2.24) is 9.78 Å². The summed E-state index contributed by atoms with van der Waals surface area (Å²) in [4.78, 5) is 12.3. The molecule has 0 unspecified atom stereocenters. The number of nitrogens with one attached hydrogen (secondary N) is 1. The van der Waals surface area contributed by atoms with Crippen molar-refractivity contribution in [3.8, 4) is 0 Å². The van der Waals surface area contributed by atoms with E-state index < -0.39 is 0 Å². The van der Waals surface area contributed by atoms with E-state index in [2.05, 4.69) is 10.4 Å². The van der Waals surface area contributed by atoms with E-state index >= 15 is 0 Å². The van der Waals surface area contributed by atoms with Crippen LogP contribution in [0.15, 0.2) is 67.0 Å². The monoisotopic (exact) mass is 291 g/mol. The standard InChI is InChI=1S/C18H17N3O/c1-14-6-2-3-9-17(14)18(22)20-16-8-4-7-15(12-16)13-21-11-5-10-19-21/h2-12H,13H2,1H3,(H,20,22). The number of carbonyl (C=O) groups excluding carboxylic acids is 1. The SMILES string of the molecule is Cc1ccccc1C(=O)Nc1cccc(Cn2cccn2)c1. The van der Waals surface area contributed by atoms with Gasteiger partial charge in [-0.2, -0.15) is 5.10 Å². The van der Waals surface area contributed by atoms with E-state index in [9.17, 15) is 4.79 Å². The van der Waals surface area contributed by atoms with Crippen molar-refractivity contribution in [2.24, 2.45) is 0 Å². The minimum Gasteiger partial charge on any atom is -0.322 e. The maximum absolute atomic E-state index is 12.3. The molecule has 1 amide bonds. The highest BCUT2D eigenvalue weighted by Crippen LogP contribution is 2.15. The van der Waals surface area contributed by atoms with Gasteiger partial charge in [-0.25, -0.2) is 0 Å².